The third-order valence-electron chi connectivity index (χ3n) is 3.34. The molecule has 0 bridgehead atoms. The van der Waals surface area contributed by atoms with E-state index in [1.807, 2.05) is 6.92 Å². The summed E-state index contributed by atoms with van der Waals surface area (Å²) in [6.45, 7) is 3.53. The number of nitrogens with one attached hydrogen (secondary N) is 1. The first-order chi connectivity index (χ1) is 8.22. The number of methoxy groups -OCH3 is 1. The Morgan fingerprint density at radius 2 is 2.11 bits per heavy atom. The van der Waals surface area contributed by atoms with Crippen LogP contribution >= 0.6 is 24.0 Å². The largest absolute Gasteiger partial charge is 0.383 e. The third-order valence-corrected chi connectivity index (χ3v) is 3.34. The molecule has 1 atom stereocenters. The summed E-state index contributed by atoms with van der Waals surface area (Å²) in [7, 11) is 1.69. The van der Waals surface area contributed by atoms with Crippen LogP contribution in [-0.4, -0.2) is 32.3 Å². The Bertz CT molecular complexity index is 230. The zero-order valence-electron chi connectivity index (χ0n) is 11.7. The van der Waals surface area contributed by atoms with E-state index in [1.165, 1.54) is 32.1 Å². The van der Waals surface area contributed by atoms with Crippen LogP contribution in [0.25, 0.3) is 0 Å². The van der Waals surface area contributed by atoms with Crippen LogP contribution in [0.1, 0.15) is 45.4 Å². The van der Waals surface area contributed by atoms with Crippen molar-refractivity contribution >= 4 is 29.9 Å². The normalized spacial score (nSPS) is 18.4. The first-order valence-corrected chi connectivity index (χ1v) is 6.77. The Labute approximate surface area is 128 Å². The Morgan fingerprint density at radius 3 is 2.72 bits per heavy atom. The van der Waals surface area contributed by atoms with Crippen molar-refractivity contribution in [1.82, 2.24) is 5.32 Å². The lowest BCUT2D eigenvalue weighted by Crippen LogP contribution is -2.40. The van der Waals surface area contributed by atoms with Gasteiger partial charge in [0.1, 0.15) is 0 Å². The van der Waals surface area contributed by atoms with Crippen LogP contribution in [0.2, 0.25) is 0 Å². The molecule has 0 heterocycles. The minimum atomic E-state index is 0. The van der Waals surface area contributed by atoms with E-state index in [0.717, 1.165) is 18.9 Å². The molecule has 0 saturated heterocycles. The lowest BCUT2D eigenvalue weighted by Gasteiger charge is -2.13. The standard InChI is InChI=1S/C13H27N3O.HI/c1-11(10-17-2)16-13(14)15-9-5-8-12-6-3-4-7-12;/h11-12H,3-10H2,1-2H3,(H3,14,15,16);1H. The molecular weight excluding hydrogens is 341 g/mol. The van der Waals surface area contributed by atoms with E-state index in [0.29, 0.717) is 12.6 Å². The van der Waals surface area contributed by atoms with Crippen molar-refractivity contribution in [3.05, 3.63) is 0 Å². The number of ether oxygens (including phenoxy) is 1. The molecule has 1 aliphatic rings. The Kier molecular flexibility index (Phi) is 10.8. The molecule has 4 nitrogen and oxygen atoms in total. The number of hydrogen-bond donors (Lipinski definition) is 2. The summed E-state index contributed by atoms with van der Waals surface area (Å²) in [5, 5.41) is 3.11. The van der Waals surface area contributed by atoms with Gasteiger partial charge < -0.3 is 15.8 Å². The number of halogens is 1. The topological polar surface area (TPSA) is 59.6 Å². The molecule has 1 saturated carbocycles. The van der Waals surface area contributed by atoms with Crippen LogP contribution in [0.4, 0.5) is 0 Å². The van der Waals surface area contributed by atoms with Gasteiger partial charge >= 0.3 is 0 Å². The maximum Gasteiger partial charge on any atom is 0.188 e. The van der Waals surface area contributed by atoms with Crippen molar-refractivity contribution < 1.29 is 4.74 Å². The molecule has 18 heavy (non-hydrogen) atoms. The smallest absolute Gasteiger partial charge is 0.188 e. The number of guanidine groups is 1. The molecule has 1 unspecified atom stereocenters. The molecule has 0 aromatic rings. The van der Waals surface area contributed by atoms with E-state index < -0.39 is 0 Å². The van der Waals surface area contributed by atoms with Crippen LogP contribution in [0.5, 0.6) is 0 Å². The van der Waals surface area contributed by atoms with Gasteiger partial charge in [0.15, 0.2) is 5.96 Å². The monoisotopic (exact) mass is 369 g/mol. The Balaban J connectivity index is 0.00000289. The summed E-state index contributed by atoms with van der Waals surface area (Å²) in [5.41, 5.74) is 5.78. The van der Waals surface area contributed by atoms with Gasteiger partial charge in [0.05, 0.1) is 6.61 Å². The van der Waals surface area contributed by atoms with Crippen LogP contribution in [0, 0.1) is 5.92 Å². The highest BCUT2D eigenvalue weighted by Crippen LogP contribution is 2.28. The first-order valence-electron chi connectivity index (χ1n) is 6.77. The highest BCUT2D eigenvalue weighted by atomic mass is 127. The quantitative estimate of drug-likeness (QED) is 0.314. The molecule has 0 spiro atoms. The van der Waals surface area contributed by atoms with Crippen LogP contribution in [-0.2, 0) is 4.74 Å². The van der Waals surface area contributed by atoms with Gasteiger partial charge in [-0.1, -0.05) is 25.7 Å². The minimum Gasteiger partial charge on any atom is -0.383 e. The molecule has 5 heteroatoms. The molecule has 0 aliphatic heterocycles. The molecule has 0 aromatic carbocycles. The second-order valence-electron chi connectivity index (χ2n) is 5.06. The average molecular weight is 369 g/mol. The molecule has 0 radical (unpaired) electrons. The maximum absolute atomic E-state index is 5.78. The van der Waals surface area contributed by atoms with Crippen molar-refractivity contribution in [2.45, 2.75) is 51.5 Å². The second-order valence-corrected chi connectivity index (χ2v) is 5.06. The highest BCUT2D eigenvalue weighted by Gasteiger charge is 2.13. The van der Waals surface area contributed by atoms with Gasteiger partial charge in [0.2, 0.25) is 0 Å². The predicted molar refractivity (Wildman–Crippen MR) is 87.6 cm³/mol. The molecule has 1 fully saturated rings. The van der Waals surface area contributed by atoms with Crippen molar-refractivity contribution in [3.63, 3.8) is 0 Å². The fourth-order valence-electron chi connectivity index (χ4n) is 2.47. The number of nitrogens with zero attached hydrogens (tertiary/aromatic N) is 1. The zero-order chi connectivity index (χ0) is 12.5. The van der Waals surface area contributed by atoms with Crippen molar-refractivity contribution in [2.75, 3.05) is 20.3 Å². The minimum absolute atomic E-state index is 0. The molecule has 0 aromatic heterocycles. The molecular formula is C13H28IN3O. The average Bonchev–Trinajstić information content (AvgIpc) is 2.77. The summed E-state index contributed by atoms with van der Waals surface area (Å²) in [5.74, 6) is 1.49. The van der Waals surface area contributed by atoms with Crippen molar-refractivity contribution in [1.29, 1.82) is 0 Å². The molecule has 0 amide bonds. The fourth-order valence-corrected chi connectivity index (χ4v) is 2.47. The lowest BCUT2D eigenvalue weighted by molar-refractivity contribution is 0.179. The Hall–Kier alpha value is -0.0400. The van der Waals surface area contributed by atoms with E-state index in [1.54, 1.807) is 7.11 Å². The van der Waals surface area contributed by atoms with E-state index in [-0.39, 0.29) is 30.0 Å². The van der Waals surface area contributed by atoms with Gasteiger partial charge in [0, 0.05) is 19.7 Å². The summed E-state index contributed by atoms with van der Waals surface area (Å²) in [4.78, 5) is 4.34. The summed E-state index contributed by atoms with van der Waals surface area (Å²) >= 11 is 0. The van der Waals surface area contributed by atoms with E-state index in [4.69, 9.17) is 10.5 Å². The Morgan fingerprint density at radius 1 is 1.44 bits per heavy atom. The predicted octanol–water partition coefficient (Wildman–Crippen LogP) is 2.51. The maximum atomic E-state index is 5.78. The van der Waals surface area contributed by atoms with Gasteiger partial charge in [-0.05, 0) is 25.7 Å². The fraction of sp³-hybridized carbons (Fsp3) is 0.923. The van der Waals surface area contributed by atoms with Gasteiger partial charge in [-0.3, -0.25) is 4.99 Å². The van der Waals surface area contributed by atoms with E-state index in [9.17, 15) is 0 Å². The number of hydrogen-bond acceptors (Lipinski definition) is 2. The molecule has 108 valence electrons. The molecule has 1 rings (SSSR count). The summed E-state index contributed by atoms with van der Waals surface area (Å²) in [6, 6.07) is 0.221. The number of aliphatic imine (C=N–C) groups is 1. The van der Waals surface area contributed by atoms with Crippen molar-refractivity contribution in [2.24, 2.45) is 16.6 Å². The molecule has 3 N–H and O–H groups in total. The first kappa shape index (κ1) is 18.0. The van der Waals surface area contributed by atoms with Gasteiger partial charge in [-0.2, -0.15) is 0 Å². The van der Waals surface area contributed by atoms with Gasteiger partial charge in [-0.25, -0.2) is 0 Å². The van der Waals surface area contributed by atoms with E-state index in [2.05, 4.69) is 10.3 Å². The lowest BCUT2D eigenvalue weighted by atomic mass is 10.0. The van der Waals surface area contributed by atoms with E-state index >= 15 is 0 Å². The number of nitrogens with two attached hydrogens (primary N) is 1. The van der Waals surface area contributed by atoms with Gasteiger partial charge in [-0.15, -0.1) is 24.0 Å². The van der Waals surface area contributed by atoms with Crippen molar-refractivity contribution in [3.8, 4) is 0 Å². The summed E-state index contributed by atoms with van der Waals surface area (Å²) < 4.78 is 5.02. The number of rotatable bonds is 7. The van der Waals surface area contributed by atoms with Crippen LogP contribution < -0.4 is 11.1 Å². The van der Waals surface area contributed by atoms with Gasteiger partial charge in [0.25, 0.3) is 0 Å². The second kappa shape index (κ2) is 10.8. The van der Waals surface area contributed by atoms with Crippen LogP contribution in [0.3, 0.4) is 0 Å². The highest BCUT2D eigenvalue weighted by molar-refractivity contribution is 14.0. The third kappa shape index (κ3) is 8.13. The zero-order valence-corrected chi connectivity index (χ0v) is 14.0. The summed E-state index contributed by atoms with van der Waals surface area (Å²) in [6.07, 6.45) is 8.15. The van der Waals surface area contributed by atoms with Crippen LogP contribution in [0.15, 0.2) is 4.99 Å². The molecule has 1 aliphatic carbocycles. The SMILES string of the molecule is COCC(C)NC(N)=NCCCC1CCCC1.I.